The van der Waals surface area contributed by atoms with Crippen LogP contribution < -0.4 is 4.74 Å². The Morgan fingerprint density at radius 3 is 2.75 bits per heavy atom. The van der Waals surface area contributed by atoms with Crippen LogP contribution in [-0.4, -0.2) is 17.7 Å². The molecule has 1 aromatic rings. The van der Waals surface area contributed by atoms with Gasteiger partial charge in [0.15, 0.2) is 18.2 Å². The zero-order chi connectivity index (χ0) is 12.1. The Morgan fingerprint density at radius 2 is 2.19 bits per heavy atom. The van der Waals surface area contributed by atoms with Gasteiger partial charge in [0.2, 0.25) is 0 Å². The lowest BCUT2D eigenvalue weighted by atomic mass is 10.1. The minimum Gasteiger partial charge on any atom is -0.479 e. The highest BCUT2D eigenvalue weighted by Crippen LogP contribution is 2.20. The third kappa shape index (κ3) is 3.73. The lowest BCUT2D eigenvalue weighted by molar-refractivity contribution is -0.139. The molecule has 0 saturated heterocycles. The summed E-state index contributed by atoms with van der Waals surface area (Å²) in [6, 6.07) is 4.34. The van der Waals surface area contributed by atoms with Crippen LogP contribution in [0.15, 0.2) is 23.8 Å². The number of benzene rings is 1. The summed E-state index contributed by atoms with van der Waals surface area (Å²) in [7, 11) is 0. The van der Waals surface area contributed by atoms with Crippen molar-refractivity contribution >= 4 is 12.0 Å². The molecule has 0 atom stereocenters. The summed E-state index contributed by atoms with van der Waals surface area (Å²) in [4.78, 5) is 10.3. The van der Waals surface area contributed by atoms with Gasteiger partial charge in [0.1, 0.15) is 0 Å². The second kappa shape index (κ2) is 5.30. The molecule has 0 fully saturated rings. The summed E-state index contributed by atoms with van der Waals surface area (Å²) in [5, 5.41) is 8.42. The van der Waals surface area contributed by atoms with E-state index >= 15 is 0 Å². The zero-order valence-corrected chi connectivity index (χ0v) is 9.16. The Hall–Kier alpha value is -1.84. The van der Waals surface area contributed by atoms with E-state index in [2.05, 4.69) is 0 Å². The molecule has 0 bridgehead atoms. The van der Waals surface area contributed by atoms with E-state index in [0.29, 0.717) is 0 Å². The molecule has 86 valence electrons. The van der Waals surface area contributed by atoms with E-state index in [-0.39, 0.29) is 5.75 Å². The number of ether oxygens (including phenoxy) is 1. The standard InChI is InChI=1S/C12H13FO3/c1-8(2)5-9-3-4-10(13)11(6-9)16-7-12(14)15/h3-6H,7H2,1-2H3,(H,14,15). The fourth-order valence-electron chi connectivity index (χ4n) is 1.19. The van der Waals surface area contributed by atoms with Gasteiger partial charge in [-0.2, -0.15) is 0 Å². The summed E-state index contributed by atoms with van der Waals surface area (Å²) >= 11 is 0. The summed E-state index contributed by atoms with van der Waals surface area (Å²) in [5.74, 6) is -1.74. The van der Waals surface area contributed by atoms with Crippen LogP contribution >= 0.6 is 0 Å². The maximum Gasteiger partial charge on any atom is 0.341 e. The number of hydrogen-bond acceptors (Lipinski definition) is 2. The summed E-state index contributed by atoms with van der Waals surface area (Å²) < 4.78 is 18.0. The average molecular weight is 224 g/mol. The molecular weight excluding hydrogens is 211 g/mol. The summed E-state index contributed by atoms with van der Waals surface area (Å²) in [5.41, 5.74) is 1.84. The van der Waals surface area contributed by atoms with Gasteiger partial charge >= 0.3 is 5.97 Å². The quantitative estimate of drug-likeness (QED) is 0.855. The van der Waals surface area contributed by atoms with Crippen LogP contribution in [0.1, 0.15) is 19.4 Å². The fourth-order valence-corrected chi connectivity index (χ4v) is 1.19. The molecule has 0 amide bonds. The van der Waals surface area contributed by atoms with E-state index in [0.717, 1.165) is 11.1 Å². The number of halogens is 1. The number of carboxylic acids is 1. The number of aliphatic carboxylic acids is 1. The molecule has 0 spiro atoms. The topological polar surface area (TPSA) is 46.5 Å². The minimum atomic E-state index is -1.13. The Labute approximate surface area is 93.2 Å². The molecule has 16 heavy (non-hydrogen) atoms. The van der Waals surface area contributed by atoms with E-state index in [1.807, 2.05) is 19.9 Å². The highest BCUT2D eigenvalue weighted by atomic mass is 19.1. The zero-order valence-electron chi connectivity index (χ0n) is 9.16. The van der Waals surface area contributed by atoms with Crippen LogP contribution in [-0.2, 0) is 4.79 Å². The predicted octanol–water partition coefficient (Wildman–Crippen LogP) is 2.71. The second-order valence-electron chi connectivity index (χ2n) is 3.59. The van der Waals surface area contributed by atoms with Crippen molar-refractivity contribution in [1.82, 2.24) is 0 Å². The minimum absolute atomic E-state index is 0.0441. The van der Waals surface area contributed by atoms with Gasteiger partial charge in [-0.25, -0.2) is 9.18 Å². The first kappa shape index (κ1) is 12.2. The first-order chi connectivity index (χ1) is 7.49. The Balaban J connectivity index is 2.90. The SMILES string of the molecule is CC(C)=Cc1ccc(F)c(OCC(=O)O)c1. The third-order valence-electron chi connectivity index (χ3n) is 1.76. The van der Waals surface area contributed by atoms with Gasteiger partial charge < -0.3 is 9.84 Å². The first-order valence-corrected chi connectivity index (χ1v) is 4.78. The molecule has 1 rings (SSSR count). The summed E-state index contributed by atoms with van der Waals surface area (Å²) in [6.07, 6.45) is 1.85. The highest BCUT2D eigenvalue weighted by Gasteiger charge is 2.06. The Bertz CT molecular complexity index is 420. The number of rotatable bonds is 4. The van der Waals surface area contributed by atoms with Crippen molar-refractivity contribution in [3.05, 3.63) is 35.2 Å². The highest BCUT2D eigenvalue weighted by molar-refractivity contribution is 5.68. The summed E-state index contributed by atoms with van der Waals surface area (Å²) in [6.45, 7) is 3.29. The largest absolute Gasteiger partial charge is 0.479 e. The van der Waals surface area contributed by atoms with E-state index < -0.39 is 18.4 Å². The Morgan fingerprint density at radius 1 is 1.50 bits per heavy atom. The normalized spacial score (nSPS) is 9.69. The molecule has 0 aliphatic carbocycles. The van der Waals surface area contributed by atoms with E-state index in [4.69, 9.17) is 9.84 Å². The molecule has 0 unspecified atom stereocenters. The van der Waals surface area contributed by atoms with Crippen LogP contribution in [0.3, 0.4) is 0 Å². The molecule has 0 heterocycles. The molecule has 3 nitrogen and oxygen atoms in total. The van der Waals surface area contributed by atoms with Crippen molar-refractivity contribution in [2.75, 3.05) is 6.61 Å². The fraction of sp³-hybridized carbons (Fsp3) is 0.250. The van der Waals surface area contributed by atoms with E-state index in [1.165, 1.54) is 12.1 Å². The number of allylic oxidation sites excluding steroid dienone is 1. The van der Waals surface area contributed by atoms with Crippen molar-refractivity contribution in [2.45, 2.75) is 13.8 Å². The lowest BCUT2D eigenvalue weighted by Gasteiger charge is -2.05. The Kier molecular flexibility index (Phi) is 4.05. The molecule has 0 aromatic heterocycles. The predicted molar refractivity (Wildman–Crippen MR) is 58.9 cm³/mol. The van der Waals surface area contributed by atoms with Gasteiger partial charge in [-0.1, -0.05) is 17.7 Å². The average Bonchev–Trinajstić information content (AvgIpc) is 2.18. The maximum absolute atomic E-state index is 13.2. The van der Waals surface area contributed by atoms with Crippen molar-refractivity contribution in [2.24, 2.45) is 0 Å². The van der Waals surface area contributed by atoms with Crippen LogP contribution in [0, 0.1) is 5.82 Å². The molecule has 1 N–H and O–H groups in total. The van der Waals surface area contributed by atoms with Crippen molar-refractivity contribution in [1.29, 1.82) is 0 Å². The molecule has 0 radical (unpaired) electrons. The van der Waals surface area contributed by atoms with Gasteiger partial charge in [-0.3, -0.25) is 0 Å². The van der Waals surface area contributed by atoms with Gasteiger partial charge in [-0.05, 0) is 31.5 Å². The molecular formula is C12H13FO3. The first-order valence-electron chi connectivity index (χ1n) is 4.78. The van der Waals surface area contributed by atoms with Crippen LogP contribution in [0.25, 0.3) is 6.08 Å². The van der Waals surface area contributed by atoms with E-state index in [9.17, 15) is 9.18 Å². The molecule has 0 aliphatic heterocycles. The molecule has 0 saturated carbocycles. The van der Waals surface area contributed by atoms with Gasteiger partial charge in [0.25, 0.3) is 0 Å². The molecule has 4 heteroatoms. The lowest BCUT2D eigenvalue weighted by Crippen LogP contribution is -2.10. The molecule has 1 aromatic carbocycles. The van der Waals surface area contributed by atoms with Crippen LogP contribution in [0.5, 0.6) is 5.75 Å². The van der Waals surface area contributed by atoms with Gasteiger partial charge in [0.05, 0.1) is 0 Å². The van der Waals surface area contributed by atoms with Crippen molar-refractivity contribution in [3.8, 4) is 5.75 Å². The maximum atomic E-state index is 13.2. The van der Waals surface area contributed by atoms with Gasteiger partial charge in [0, 0.05) is 0 Å². The monoisotopic (exact) mass is 224 g/mol. The van der Waals surface area contributed by atoms with Gasteiger partial charge in [-0.15, -0.1) is 0 Å². The van der Waals surface area contributed by atoms with Crippen LogP contribution in [0.2, 0.25) is 0 Å². The number of carbonyl (C=O) groups is 1. The molecule has 0 aliphatic rings. The van der Waals surface area contributed by atoms with Crippen molar-refractivity contribution < 1.29 is 19.0 Å². The number of carboxylic acid groups (broad SMARTS) is 1. The van der Waals surface area contributed by atoms with E-state index in [1.54, 1.807) is 6.07 Å². The van der Waals surface area contributed by atoms with Crippen molar-refractivity contribution in [3.63, 3.8) is 0 Å². The third-order valence-corrected chi connectivity index (χ3v) is 1.76. The second-order valence-corrected chi connectivity index (χ2v) is 3.59. The smallest absolute Gasteiger partial charge is 0.341 e. The van der Waals surface area contributed by atoms with Crippen LogP contribution in [0.4, 0.5) is 4.39 Å². The number of hydrogen-bond donors (Lipinski definition) is 1.